The molecule has 11 heavy (non-hydrogen) atoms. The fourth-order valence-corrected chi connectivity index (χ4v) is 0.500. The van der Waals surface area contributed by atoms with Crippen LogP contribution in [0.1, 0.15) is 13.8 Å². The minimum atomic E-state index is -1.19. The maximum absolute atomic E-state index is 10.6. The third kappa shape index (κ3) is 7.09. The van der Waals surface area contributed by atoms with Gasteiger partial charge in [0.15, 0.2) is 6.10 Å². The Morgan fingerprint density at radius 2 is 2.09 bits per heavy atom. The van der Waals surface area contributed by atoms with E-state index in [4.69, 9.17) is 16.7 Å². The summed E-state index contributed by atoms with van der Waals surface area (Å²) in [5.74, 6) is -0.782. The second-order valence-corrected chi connectivity index (χ2v) is 2.46. The molecule has 0 aromatic carbocycles. The molecule has 0 saturated carbocycles. The van der Waals surface area contributed by atoms with Crippen molar-refractivity contribution in [3.05, 3.63) is 0 Å². The molecule has 0 amide bonds. The van der Waals surface area contributed by atoms with Gasteiger partial charge in [-0.3, -0.25) is 0 Å². The average Bonchev–Trinajstić information content (AvgIpc) is 1.85. The summed E-state index contributed by atoms with van der Waals surface area (Å²) in [5, 5.41) is 8.77. The van der Waals surface area contributed by atoms with Gasteiger partial charge >= 0.3 is 35.5 Å². The monoisotopic (exact) mass is 190 g/mol. The van der Waals surface area contributed by atoms with Crippen molar-refractivity contribution >= 4 is 47.1 Å². The van der Waals surface area contributed by atoms with Crippen LogP contribution in [0.4, 0.5) is 0 Å². The van der Waals surface area contributed by atoms with Gasteiger partial charge in [0.05, 0.1) is 12.0 Å². The quantitative estimate of drug-likeness (QED) is 0.384. The van der Waals surface area contributed by atoms with E-state index in [-0.39, 0.29) is 41.5 Å². The number of esters is 1. The number of ether oxygens (including phenoxy) is 1. The van der Waals surface area contributed by atoms with E-state index in [0.29, 0.717) is 0 Å². The Hall–Kier alpha value is 0.720. The Labute approximate surface area is 93.3 Å². The molecule has 0 heterocycles. The van der Waals surface area contributed by atoms with Gasteiger partial charge in [0, 0.05) is 0 Å². The van der Waals surface area contributed by atoms with E-state index in [1.165, 1.54) is 0 Å². The van der Waals surface area contributed by atoms with Crippen LogP contribution in [0.5, 0.6) is 0 Å². The van der Waals surface area contributed by atoms with Crippen molar-refractivity contribution < 1.29 is 14.6 Å². The summed E-state index contributed by atoms with van der Waals surface area (Å²) >= 11 is 5.18. The van der Waals surface area contributed by atoms with E-state index >= 15 is 0 Å². The molecular weight excluding hydrogens is 179 g/mol. The van der Waals surface area contributed by atoms with E-state index in [0.717, 1.165) is 0 Å². The molecule has 0 spiro atoms. The van der Waals surface area contributed by atoms with Crippen LogP contribution in [-0.2, 0) is 9.53 Å². The van der Waals surface area contributed by atoms with Crippen LogP contribution in [0.2, 0.25) is 0 Å². The van der Waals surface area contributed by atoms with Gasteiger partial charge in [-0.25, -0.2) is 4.79 Å². The zero-order chi connectivity index (χ0) is 8.15. The van der Waals surface area contributed by atoms with Gasteiger partial charge in [-0.1, -0.05) is 0 Å². The number of rotatable bonds is 3. The number of hydrogen-bond donors (Lipinski definition) is 1. The number of alkyl halides is 1. The molecule has 0 aliphatic carbocycles. The van der Waals surface area contributed by atoms with Gasteiger partial charge in [-0.05, 0) is 13.8 Å². The van der Waals surface area contributed by atoms with Crippen molar-refractivity contribution in [2.24, 2.45) is 0 Å². The summed E-state index contributed by atoms with van der Waals surface area (Å²) in [7, 11) is 0. The number of halogens is 1. The van der Waals surface area contributed by atoms with Crippen molar-refractivity contribution in [1.82, 2.24) is 0 Å². The van der Waals surface area contributed by atoms with Crippen molar-refractivity contribution in [1.29, 1.82) is 0 Å². The number of aliphatic hydroxyl groups is 1. The predicted molar refractivity (Wildman–Crippen MR) is 45.1 cm³/mol. The van der Waals surface area contributed by atoms with E-state index in [9.17, 15) is 4.79 Å². The Morgan fingerprint density at radius 3 is 2.36 bits per heavy atom. The summed E-state index contributed by atoms with van der Waals surface area (Å²) in [6.07, 6.45) is -1.39. The second kappa shape index (κ2) is 7.37. The zero-order valence-corrected chi connectivity index (χ0v) is 6.76. The third-order valence-electron chi connectivity index (χ3n) is 0.770. The molecule has 0 radical (unpaired) electrons. The van der Waals surface area contributed by atoms with Crippen LogP contribution in [-0.4, -0.2) is 58.7 Å². The SMILES string of the molecule is CC(C)OC(=O)C(O)CCl.[NaH]. The van der Waals surface area contributed by atoms with Crippen LogP contribution in [0.15, 0.2) is 0 Å². The summed E-state index contributed by atoms with van der Waals surface area (Å²) in [5.41, 5.74) is 0. The normalized spacial score (nSPS) is 12.1. The van der Waals surface area contributed by atoms with E-state index in [1.54, 1.807) is 13.8 Å². The van der Waals surface area contributed by atoms with Crippen LogP contribution >= 0.6 is 11.6 Å². The average molecular weight is 191 g/mol. The molecule has 0 aromatic rings. The van der Waals surface area contributed by atoms with E-state index < -0.39 is 12.1 Å². The number of hydrogen-bond acceptors (Lipinski definition) is 3. The fourth-order valence-electron chi connectivity index (χ4n) is 0.374. The molecule has 0 fully saturated rings. The van der Waals surface area contributed by atoms with Crippen molar-refractivity contribution in [2.45, 2.75) is 26.1 Å². The van der Waals surface area contributed by atoms with E-state index in [1.807, 2.05) is 0 Å². The van der Waals surface area contributed by atoms with Gasteiger partial charge in [0.25, 0.3) is 0 Å². The first kappa shape index (κ1) is 14.3. The number of carbonyl (C=O) groups excluding carboxylic acids is 1. The number of aliphatic hydroxyl groups excluding tert-OH is 1. The molecule has 1 unspecified atom stereocenters. The third-order valence-corrected chi connectivity index (χ3v) is 1.06. The Balaban J connectivity index is 0. The fraction of sp³-hybridized carbons (Fsp3) is 0.833. The minimum absolute atomic E-state index is 0. The molecule has 0 aliphatic rings. The molecule has 0 bridgehead atoms. The first-order valence-corrected chi connectivity index (χ1v) is 3.56. The van der Waals surface area contributed by atoms with Crippen LogP contribution in [0, 0.1) is 0 Å². The summed E-state index contributed by atoms with van der Waals surface area (Å²) < 4.78 is 4.63. The first-order valence-electron chi connectivity index (χ1n) is 3.02. The molecular formula is C6H12ClNaO3. The van der Waals surface area contributed by atoms with Gasteiger partial charge in [-0.15, -0.1) is 11.6 Å². The number of carbonyl (C=O) groups is 1. The topological polar surface area (TPSA) is 46.5 Å². The summed E-state index contributed by atoms with van der Waals surface area (Å²) in [4.78, 5) is 10.6. The molecule has 1 N–H and O–H groups in total. The molecule has 0 aliphatic heterocycles. The van der Waals surface area contributed by atoms with Crippen LogP contribution < -0.4 is 0 Å². The first-order chi connectivity index (χ1) is 4.57. The second-order valence-electron chi connectivity index (χ2n) is 2.16. The predicted octanol–water partition coefficient (Wildman–Crippen LogP) is -0.111. The van der Waals surface area contributed by atoms with Crippen molar-refractivity contribution in [3.8, 4) is 0 Å². The molecule has 0 saturated heterocycles. The molecule has 0 rings (SSSR count). The molecule has 62 valence electrons. The van der Waals surface area contributed by atoms with Gasteiger partial charge in [0.1, 0.15) is 0 Å². The standard InChI is InChI=1S/C6H11ClO3.Na.H/c1-4(2)10-6(9)5(8)3-7;;/h4-5,8H,3H2,1-2H3;;. The van der Waals surface area contributed by atoms with E-state index in [2.05, 4.69) is 4.74 Å². The molecule has 0 aromatic heterocycles. The summed E-state index contributed by atoms with van der Waals surface area (Å²) in [6, 6.07) is 0. The summed E-state index contributed by atoms with van der Waals surface area (Å²) in [6.45, 7) is 3.41. The molecule has 5 heteroatoms. The van der Waals surface area contributed by atoms with Crippen LogP contribution in [0.3, 0.4) is 0 Å². The van der Waals surface area contributed by atoms with Gasteiger partial charge in [-0.2, -0.15) is 0 Å². The van der Waals surface area contributed by atoms with Gasteiger partial charge in [0.2, 0.25) is 0 Å². The van der Waals surface area contributed by atoms with Crippen molar-refractivity contribution in [3.63, 3.8) is 0 Å². The Kier molecular flexibility index (Phi) is 9.56. The maximum atomic E-state index is 10.6. The van der Waals surface area contributed by atoms with Crippen LogP contribution in [0.25, 0.3) is 0 Å². The Bertz CT molecular complexity index is 118. The molecule has 3 nitrogen and oxygen atoms in total. The molecule has 1 atom stereocenters. The van der Waals surface area contributed by atoms with Crippen molar-refractivity contribution in [2.75, 3.05) is 5.88 Å². The zero-order valence-electron chi connectivity index (χ0n) is 6.00. The van der Waals surface area contributed by atoms with Gasteiger partial charge < -0.3 is 9.84 Å². The Morgan fingerprint density at radius 1 is 1.64 bits per heavy atom.